The van der Waals surface area contributed by atoms with Gasteiger partial charge in [0.15, 0.2) is 0 Å². The molecule has 0 bridgehead atoms. The Kier molecular flexibility index (Phi) is 4.80. The lowest BCUT2D eigenvalue weighted by atomic mass is 10.1. The third kappa shape index (κ3) is 3.84. The molecule has 2 N–H and O–H groups in total. The second-order valence-electron chi connectivity index (χ2n) is 5.58. The van der Waals surface area contributed by atoms with Crippen molar-refractivity contribution in [1.82, 2.24) is 20.1 Å². The highest BCUT2D eigenvalue weighted by Crippen LogP contribution is 2.21. The summed E-state index contributed by atoms with van der Waals surface area (Å²) in [5, 5.41) is 10.0. The summed E-state index contributed by atoms with van der Waals surface area (Å²) in [4.78, 5) is 16.2. The Bertz CT molecular complexity index is 667. The lowest BCUT2D eigenvalue weighted by molar-refractivity contribution is 0.251. The number of carbonyl (C=O) groups is 1. The van der Waals surface area contributed by atoms with E-state index < -0.39 is 0 Å². The maximum Gasteiger partial charge on any atom is 0.319 e. The molecule has 2 rings (SSSR count). The summed E-state index contributed by atoms with van der Waals surface area (Å²) in [7, 11) is 0. The molecule has 0 aliphatic heterocycles. The van der Waals surface area contributed by atoms with Gasteiger partial charge in [0.25, 0.3) is 0 Å². The van der Waals surface area contributed by atoms with E-state index in [1.807, 2.05) is 34.6 Å². The molecule has 0 radical (unpaired) electrons. The molecule has 0 atom stereocenters. The minimum Gasteiger partial charge on any atom is -0.336 e. The number of aromatic nitrogens is 3. The van der Waals surface area contributed by atoms with E-state index in [9.17, 15) is 4.79 Å². The van der Waals surface area contributed by atoms with Crippen LogP contribution < -0.4 is 10.6 Å². The Morgan fingerprint density at radius 1 is 1.14 bits per heavy atom. The van der Waals surface area contributed by atoms with E-state index in [0.29, 0.717) is 13.1 Å². The number of aryl methyl sites for hydroxylation is 5. The van der Waals surface area contributed by atoms with Crippen LogP contribution in [0.5, 0.6) is 0 Å². The number of amides is 2. The number of carbonyl (C=O) groups excluding carboxylic acids is 1. The van der Waals surface area contributed by atoms with Crippen molar-refractivity contribution in [2.45, 2.75) is 41.2 Å². The minimum absolute atomic E-state index is 0.204. The normalized spacial score (nSPS) is 10.6. The van der Waals surface area contributed by atoms with Crippen LogP contribution in [-0.4, -0.2) is 27.3 Å². The Labute approximate surface area is 130 Å². The Balaban J connectivity index is 1.90. The van der Waals surface area contributed by atoms with Crippen LogP contribution in [0.25, 0.3) is 0 Å². The monoisotopic (exact) mass is 301 g/mol. The van der Waals surface area contributed by atoms with Crippen LogP contribution in [0.2, 0.25) is 0 Å². The minimum atomic E-state index is -0.204. The lowest BCUT2D eigenvalue weighted by Crippen LogP contribution is -2.32. The molecular formula is C16H23N5O. The maximum atomic E-state index is 12.0. The zero-order valence-corrected chi connectivity index (χ0v) is 13.8. The number of urea groups is 1. The molecule has 0 spiro atoms. The van der Waals surface area contributed by atoms with Crippen molar-refractivity contribution in [2.75, 3.05) is 11.9 Å². The first-order valence-corrected chi connectivity index (χ1v) is 7.37. The van der Waals surface area contributed by atoms with Gasteiger partial charge in [-0.1, -0.05) is 17.7 Å². The average molecular weight is 301 g/mol. The average Bonchev–Trinajstić information content (AvgIpc) is 2.72. The summed E-state index contributed by atoms with van der Waals surface area (Å²) in [5.41, 5.74) is 4.19. The van der Waals surface area contributed by atoms with E-state index >= 15 is 0 Å². The third-order valence-electron chi connectivity index (χ3n) is 3.49. The van der Waals surface area contributed by atoms with Crippen molar-refractivity contribution in [1.29, 1.82) is 0 Å². The fourth-order valence-electron chi connectivity index (χ4n) is 2.58. The van der Waals surface area contributed by atoms with Crippen LogP contribution in [0.1, 0.15) is 28.3 Å². The molecule has 6 nitrogen and oxygen atoms in total. The first kappa shape index (κ1) is 16.0. The van der Waals surface area contributed by atoms with Crippen molar-refractivity contribution in [3.63, 3.8) is 0 Å². The number of hydrogen-bond acceptors (Lipinski definition) is 3. The molecule has 118 valence electrons. The van der Waals surface area contributed by atoms with Gasteiger partial charge in [-0.25, -0.2) is 14.5 Å². The summed E-state index contributed by atoms with van der Waals surface area (Å²) < 4.78 is 1.79. The SMILES string of the molecule is Cc1cc(C)c(NC(=O)NCCn2nc(C)nc2C)c(C)c1. The summed E-state index contributed by atoms with van der Waals surface area (Å²) in [5.74, 6) is 1.60. The molecule has 0 aliphatic carbocycles. The summed E-state index contributed by atoms with van der Waals surface area (Å²) in [6.45, 7) is 10.9. The fraction of sp³-hybridized carbons (Fsp3) is 0.438. The van der Waals surface area contributed by atoms with Gasteiger partial charge >= 0.3 is 6.03 Å². The van der Waals surface area contributed by atoms with Gasteiger partial charge in [-0.05, 0) is 45.7 Å². The number of rotatable bonds is 4. The number of anilines is 1. The van der Waals surface area contributed by atoms with E-state index in [4.69, 9.17) is 0 Å². The van der Waals surface area contributed by atoms with Crippen molar-refractivity contribution in [3.05, 3.63) is 40.5 Å². The molecule has 0 aliphatic rings. The van der Waals surface area contributed by atoms with Gasteiger partial charge in [0.05, 0.1) is 6.54 Å². The molecule has 0 saturated carbocycles. The van der Waals surface area contributed by atoms with E-state index in [1.54, 1.807) is 4.68 Å². The van der Waals surface area contributed by atoms with Gasteiger partial charge in [0.1, 0.15) is 11.6 Å². The Morgan fingerprint density at radius 3 is 2.32 bits per heavy atom. The molecule has 2 aromatic rings. The third-order valence-corrected chi connectivity index (χ3v) is 3.49. The van der Waals surface area contributed by atoms with Gasteiger partial charge in [0.2, 0.25) is 0 Å². The van der Waals surface area contributed by atoms with Crippen LogP contribution >= 0.6 is 0 Å². The van der Waals surface area contributed by atoms with Gasteiger partial charge in [-0.15, -0.1) is 0 Å². The predicted molar refractivity (Wildman–Crippen MR) is 87.2 cm³/mol. The van der Waals surface area contributed by atoms with Gasteiger partial charge in [-0.2, -0.15) is 5.10 Å². The predicted octanol–water partition coefficient (Wildman–Crippen LogP) is 2.64. The first-order valence-electron chi connectivity index (χ1n) is 7.37. The highest BCUT2D eigenvalue weighted by Gasteiger charge is 2.08. The number of nitrogens with zero attached hydrogens (tertiary/aromatic N) is 3. The molecule has 0 saturated heterocycles. The van der Waals surface area contributed by atoms with Crippen molar-refractivity contribution < 1.29 is 4.79 Å². The van der Waals surface area contributed by atoms with Crippen LogP contribution in [0.15, 0.2) is 12.1 Å². The number of hydrogen-bond donors (Lipinski definition) is 2. The van der Waals surface area contributed by atoms with Crippen molar-refractivity contribution in [3.8, 4) is 0 Å². The molecule has 0 unspecified atom stereocenters. The van der Waals surface area contributed by atoms with E-state index in [-0.39, 0.29) is 6.03 Å². The lowest BCUT2D eigenvalue weighted by Gasteiger charge is -2.13. The highest BCUT2D eigenvalue weighted by molar-refractivity contribution is 5.91. The molecule has 1 aromatic heterocycles. The van der Waals surface area contributed by atoms with Crippen molar-refractivity contribution >= 4 is 11.7 Å². The van der Waals surface area contributed by atoms with E-state index in [2.05, 4.69) is 32.8 Å². The molecule has 0 fully saturated rings. The van der Waals surface area contributed by atoms with Gasteiger partial charge in [0, 0.05) is 12.2 Å². The molecule has 22 heavy (non-hydrogen) atoms. The second kappa shape index (κ2) is 6.60. The highest BCUT2D eigenvalue weighted by atomic mass is 16.2. The molecule has 2 amide bonds. The number of nitrogens with one attached hydrogen (secondary N) is 2. The second-order valence-corrected chi connectivity index (χ2v) is 5.58. The Morgan fingerprint density at radius 2 is 1.77 bits per heavy atom. The largest absolute Gasteiger partial charge is 0.336 e. The molecule has 6 heteroatoms. The van der Waals surface area contributed by atoms with Gasteiger partial charge < -0.3 is 10.6 Å². The zero-order valence-electron chi connectivity index (χ0n) is 13.8. The summed E-state index contributed by atoms with van der Waals surface area (Å²) in [6, 6.07) is 3.92. The summed E-state index contributed by atoms with van der Waals surface area (Å²) in [6.07, 6.45) is 0. The first-order chi connectivity index (χ1) is 10.4. The van der Waals surface area contributed by atoms with Crippen LogP contribution in [0, 0.1) is 34.6 Å². The maximum absolute atomic E-state index is 12.0. The van der Waals surface area contributed by atoms with Gasteiger partial charge in [-0.3, -0.25) is 0 Å². The quantitative estimate of drug-likeness (QED) is 0.912. The van der Waals surface area contributed by atoms with E-state index in [1.165, 1.54) is 5.56 Å². The summed E-state index contributed by atoms with van der Waals surface area (Å²) >= 11 is 0. The van der Waals surface area contributed by atoms with Crippen LogP contribution in [0.3, 0.4) is 0 Å². The van der Waals surface area contributed by atoms with Crippen molar-refractivity contribution in [2.24, 2.45) is 0 Å². The standard InChI is InChI=1S/C16H23N5O/c1-10-8-11(2)15(12(3)9-10)19-16(22)17-6-7-21-14(5)18-13(4)20-21/h8-9H,6-7H2,1-5H3,(H2,17,19,22). The fourth-order valence-corrected chi connectivity index (χ4v) is 2.58. The number of benzene rings is 1. The molecular weight excluding hydrogens is 278 g/mol. The Hall–Kier alpha value is -2.37. The smallest absolute Gasteiger partial charge is 0.319 e. The molecule has 1 heterocycles. The van der Waals surface area contributed by atoms with Crippen LogP contribution in [-0.2, 0) is 6.54 Å². The molecule has 1 aromatic carbocycles. The van der Waals surface area contributed by atoms with E-state index in [0.717, 1.165) is 28.5 Å². The topological polar surface area (TPSA) is 71.8 Å². The van der Waals surface area contributed by atoms with Crippen LogP contribution in [0.4, 0.5) is 10.5 Å². The zero-order chi connectivity index (χ0) is 16.3.